The predicted octanol–water partition coefficient (Wildman–Crippen LogP) is 4.62. The quantitative estimate of drug-likeness (QED) is 0.639. The van der Waals surface area contributed by atoms with Crippen LogP contribution in [-0.4, -0.2) is 31.7 Å². The minimum atomic E-state index is -0.971. The third-order valence-electron chi connectivity index (χ3n) is 5.29. The van der Waals surface area contributed by atoms with E-state index >= 15 is 0 Å². The second-order valence-electron chi connectivity index (χ2n) is 7.23. The van der Waals surface area contributed by atoms with Crippen LogP contribution in [0.4, 0.5) is 14.5 Å². The van der Waals surface area contributed by atoms with Gasteiger partial charge in [0.25, 0.3) is 5.91 Å². The minimum Gasteiger partial charge on any atom is -0.365 e. The molecule has 2 atom stereocenters. The Morgan fingerprint density at radius 2 is 1.87 bits per heavy atom. The molecule has 3 aromatic carbocycles. The van der Waals surface area contributed by atoms with Gasteiger partial charge in [0.1, 0.15) is 6.61 Å². The first-order valence-corrected chi connectivity index (χ1v) is 9.61. The number of rotatable bonds is 5. The van der Waals surface area contributed by atoms with Crippen LogP contribution in [0.2, 0.25) is 0 Å². The summed E-state index contributed by atoms with van der Waals surface area (Å²) in [6, 6.07) is 18.0. The van der Waals surface area contributed by atoms with Crippen LogP contribution in [0.5, 0.6) is 0 Å². The number of nitrogens with zero attached hydrogens (tertiary/aromatic N) is 1. The zero-order chi connectivity index (χ0) is 20.4. The number of amides is 1. The molecule has 4 rings (SSSR count). The minimum absolute atomic E-state index is 0. The molecular formula is C23H23ClF2N2O2. The number of fused-ring (bicyclic) bond motifs is 1. The number of nitrogens with one attached hydrogen (secondary N) is 1. The molecule has 0 spiro atoms. The van der Waals surface area contributed by atoms with E-state index in [-0.39, 0.29) is 43.6 Å². The number of ether oxygens (including phenoxy) is 1. The van der Waals surface area contributed by atoms with Crippen LogP contribution in [0.3, 0.4) is 0 Å². The van der Waals surface area contributed by atoms with Crippen LogP contribution in [0.1, 0.15) is 18.5 Å². The summed E-state index contributed by atoms with van der Waals surface area (Å²) in [7, 11) is 0. The molecule has 4 nitrogen and oxygen atoms in total. The lowest BCUT2D eigenvalue weighted by Crippen LogP contribution is -2.50. The maximum absolute atomic E-state index is 13.6. The number of anilines is 1. The lowest BCUT2D eigenvalue weighted by Gasteiger charge is -2.33. The number of carbonyl (C=O) groups is 1. The monoisotopic (exact) mass is 432 g/mol. The van der Waals surface area contributed by atoms with Gasteiger partial charge in [-0.3, -0.25) is 4.79 Å². The van der Waals surface area contributed by atoms with Crippen molar-refractivity contribution < 1.29 is 18.3 Å². The highest BCUT2D eigenvalue weighted by Crippen LogP contribution is 2.25. The van der Waals surface area contributed by atoms with E-state index in [9.17, 15) is 13.6 Å². The molecule has 158 valence electrons. The smallest absolute Gasteiger partial charge is 0.253 e. The summed E-state index contributed by atoms with van der Waals surface area (Å²) in [6.45, 7) is 2.80. The molecule has 0 saturated carbocycles. The number of morpholine rings is 1. The number of halogens is 3. The zero-order valence-electron chi connectivity index (χ0n) is 16.5. The van der Waals surface area contributed by atoms with Gasteiger partial charge in [0.05, 0.1) is 12.6 Å². The van der Waals surface area contributed by atoms with E-state index in [0.29, 0.717) is 12.2 Å². The summed E-state index contributed by atoms with van der Waals surface area (Å²) in [5, 5.41) is 5.85. The van der Waals surface area contributed by atoms with Gasteiger partial charge in [-0.15, -0.1) is 12.4 Å². The Labute approximate surface area is 180 Å². The first kappa shape index (κ1) is 22.2. The predicted molar refractivity (Wildman–Crippen MR) is 116 cm³/mol. The molecule has 1 amide bonds. The standard InChI is InChI=1S/C23H22F2N2O2.ClH/c1-15(19-8-4-6-16-5-2-3-7-20(16)19)26-12-18-13-27(23(28)14-29-18)17-9-10-21(24)22(25)11-17;/h2-11,15,18,26H,12-14H2,1H3;1H/t15-,18?;/m1./s1. The van der Waals surface area contributed by atoms with E-state index in [0.717, 1.165) is 12.1 Å². The third-order valence-corrected chi connectivity index (χ3v) is 5.29. The van der Waals surface area contributed by atoms with Crippen molar-refractivity contribution in [2.45, 2.75) is 19.1 Å². The van der Waals surface area contributed by atoms with Gasteiger partial charge in [0.15, 0.2) is 11.6 Å². The molecule has 1 saturated heterocycles. The molecule has 1 aliphatic heterocycles. The molecule has 1 fully saturated rings. The molecule has 30 heavy (non-hydrogen) atoms. The first-order chi connectivity index (χ1) is 14.0. The molecule has 7 heteroatoms. The maximum Gasteiger partial charge on any atom is 0.253 e. The Morgan fingerprint density at radius 3 is 2.67 bits per heavy atom. The fourth-order valence-corrected chi connectivity index (χ4v) is 3.70. The fraction of sp³-hybridized carbons (Fsp3) is 0.261. The Kier molecular flexibility index (Phi) is 7.02. The lowest BCUT2D eigenvalue weighted by molar-refractivity contribution is -0.129. The van der Waals surface area contributed by atoms with E-state index in [1.807, 2.05) is 18.2 Å². The fourth-order valence-electron chi connectivity index (χ4n) is 3.70. The van der Waals surface area contributed by atoms with Gasteiger partial charge in [0, 0.05) is 24.3 Å². The van der Waals surface area contributed by atoms with Gasteiger partial charge in [-0.2, -0.15) is 0 Å². The number of carbonyl (C=O) groups excluding carboxylic acids is 1. The molecule has 0 bridgehead atoms. The highest BCUT2D eigenvalue weighted by molar-refractivity contribution is 5.95. The van der Waals surface area contributed by atoms with Gasteiger partial charge in [-0.05, 0) is 35.4 Å². The summed E-state index contributed by atoms with van der Waals surface area (Å²) < 4.78 is 32.4. The van der Waals surface area contributed by atoms with Crippen molar-refractivity contribution in [3.05, 3.63) is 77.9 Å². The van der Waals surface area contributed by atoms with E-state index in [4.69, 9.17) is 4.74 Å². The molecule has 1 N–H and O–H groups in total. The third kappa shape index (κ3) is 4.61. The summed E-state index contributed by atoms with van der Waals surface area (Å²) in [6.07, 6.45) is -0.252. The van der Waals surface area contributed by atoms with Crippen molar-refractivity contribution in [2.24, 2.45) is 0 Å². The van der Waals surface area contributed by atoms with Gasteiger partial charge >= 0.3 is 0 Å². The van der Waals surface area contributed by atoms with Crippen LogP contribution in [-0.2, 0) is 9.53 Å². The number of hydrogen-bond acceptors (Lipinski definition) is 3. The van der Waals surface area contributed by atoms with Crippen molar-refractivity contribution >= 4 is 34.8 Å². The maximum atomic E-state index is 13.6. The number of hydrogen-bond donors (Lipinski definition) is 1. The van der Waals surface area contributed by atoms with Crippen molar-refractivity contribution in [3.63, 3.8) is 0 Å². The van der Waals surface area contributed by atoms with Crippen molar-refractivity contribution in [1.82, 2.24) is 5.32 Å². The molecule has 1 aliphatic rings. The van der Waals surface area contributed by atoms with Crippen LogP contribution in [0, 0.1) is 11.6 Å². The Morgan fingerprint density at radius 1 is 1.10 bits per heavy atom. The normalized spacial score (nSPS) is 17.6. The van der Waals surface area contributed by atoms with E-state index < -0.39 is 11.6 Å². The molecule has 0 aromatic heterocycles. The molecule has 3 aromatic rings. The van der Waals surface area contributed by atoms with Gasteiger partial charge in [-0.1, -0.05) is 42.5 Å². The summed E-state index contributed by atoms with van der Waals surface area (Å²) in [5.41, 5.74) is 1.52. The zero-order valence-corrected chi connectivity index (χ0v) is 17.3. The number of benzene rings is 3. The Hall–Kier alpha value is -2.54. The van der Waals surface area contributed by atoms with E-state index in [2.05, 4.69) is 36.5 Å². The average Bonchev–Trinajstić information content (AvgIpc) is 2.74. The summed E-state index contributed by atoms with van der Waals surface area (Å²) in [4.78, 5) is 13.7. The highest BCUT2D eigenvalue weighted by Gasteiger charge is 2.28. The van der Waals surface area contributed by atoms with Crippen molar-refractivity contribution in [1.29, 1.82) is 0 Å². The average molecular weight is 433 g/mol. The van der Waals surface area contributed by atoms with Gasteiger partial charge in [0.2, 0.25) is 0 Å². The van der Waals surface area contributed by atoms with E-state index in [1.165, 1.54) is 27.3 Å². The van der Waals surface area contributed by atoms with Crippen LogP contribution < -0.4 is 10.2 Å². The van der Waals surface area contributed by atoms with Crippen LogP contribution >= 0.6 is 12.4 Å². The Balaban J connectivity index is 0.00000256. The van der Waals surface area contributed by atoms with Crippen molar-refractivity contribution in [2.75, 3.05) is 24.6 Å². The molecular weight excluding hydrogens is 410 g/mol. The van der Waals surface area contributed by atoms with Gasteiger partial charge in [-0.25, -0.2) is 8.78 Å². The van der Waals surface area contributed by atoms with Crippen LogP contribution in [0.15, 0.2) is 60.7 Å². The second kappa shape index (κ2) is 9.51. The topological polar surface area (TPSA) is 41.6 Å². The molecule has 0 aliphatic carbocycles. The SMILES string of the molecule is C[C@@H](NCC1CN(c2ccc(F)c(F)c2)C(=O)CO1)c1cccc2ccccc12.Cl. The molecule has 1 unspecified atom stereocenters. The molecule has 1 heterocycles. The first-order valence-electron chi connectivity index (χ1n) is 9.61. The van der Waals surface area contributed by atoms with E-state index in [1.54, 1.807) is 0 Å². The second-order valence-corrected chi connectivity index (χ2v) is 7.23. The van der Waals surface area contributed by atoms with Crippen LogP contribution in [0.25, 0.3) is 10.8 Å². The van der Waals surface area contributed by atoms with Gasteiger partial charge < -0.3 is 15.0 Å². The summed E-state index contributed by atoms with van der Waals surface area (Å²) in [5.74, 6) is -2.17. The lowest BCUT2D eigenvalue weighted by atomic mass is 9.99. The van der Waals surface area contributed by atoms with Crippen molar-refractivity contribution in [3.8, 4) is 0 Å². The Bertz CT molecular complexity index is 1040. The largest absolute Gasteiger partial charge is 0.365 e. The summed E-state index contributed by atoms with van der Waals surface area (Å²) >= 11 is 0. The molecule has 0 radical (unpaired) electrons. The highest BCUT2D eigenvalue weighted by atomic mass is 35.5.